The fourth-order valence-corrected chi connectivity index (χ4v) is 1.48. The van der Waals surface area contributed by atoms with Gasteiger partial charge in [0.2, 0.25) is 5.91 Å². The van der Waals surface area contributed by atoms with Crippen molar-refractivity contribution in [1.29, 1.82) is 0 Å². The Morgan fingerprint density at radius 3 is 3.00 bits per heavy atom. The highest BCUT2D eigenvalue weighted by Gasteiger charge is 2.02. The van der Waals surface area contributed by atoms with Crippen LogP contribution in [-0.4, -0.2) is 12.2 Å². The molecule has 0 radical (unpaired) electrons. The molecule has 1 N–H and O–H groups in total. The van der Waals surface area contributed by atoms with E-state index in [1.54, 1.807) is 11.4 Å². The molecular weight excluding hydrogens is 162 g/mol. The zero-order chi connectivity index (χ0) is 8.27. The predicted octanol–water partition coefficient (Wildman–Crippen LogP) is 1.52. The van der Waals surface area contributed by atoms with E-state index in [0.717, 1.165) is 6.29 Å². The molecule has 58 valence electrons. The lowest BCUT2D eigenvalue weighted by atomic mass is 10.3. The lowest BCUT2D eigenvalue weighted by Gasteiger charge is -1.96. The van der Waals surface area contributed by atoms with Gasteiger partial charge < -0.3 is 5.32 Å². The van der Waals surface area contributed by atoms with Crippen LogP contribution in [-0.2, 0) is 4.79 Å². The van der Waals surface area contributed by atoms with E-state index in [1.165, 1.54) is 18.3 Å². The number of anilines is 1. The molecule has 1 aromatic rings. The van der Waals surface area contributed by atoms with E-state index in [0.29, 0.717) is 10.6 Å². The van der Waals surface area contributed by atoms with Crippen molar-refractivity contribution in [2.45, 2.75) is 6.92 Å². The van der Waals surface area contributed by atoms with E-state index in [4.69, 9.17) is 0 Å². The van der Waals surface area contributed by atoms with E-state index in [2.05, 4.69) is 5.32 Å². The smallest absolute Gasteiger partial charge is 0.221 e. The Balaban J connectivity index is 2.84. The summed E-state index contributed by atoms with van der Waals surface area (Å²) in [6.07, 6.45) is 0.724. The molecule has 4 heteroatoms. The molecule has 1 heterocycles. The van der Waals surface area contributed by atoms with Crippen LogP contribution in [0.4, 0.5) is 5.00 Å². The summed E-state index contributed by atoms with van der Waals surface area (Å²) in [7, 11) is 0. The number of hydrogen-bond donors (Lipinski definition) is 1. The van der Waals surface area contributed by atoms with Gasteiger partial charge in [0.05, 0.1) is 0 Å². The molecule has 0 saturated heterocycles. The topological polar surface area (TPSA) is 46.2 Å². The Morgan fingerprint density at radius 1 is 1.73 bits per heavy atom. The van der Waals surface area contributed by atoms with Crippen LogP contribution in [0.3, 0.4) is 0 Å². The zero-order valence-electron chi connectivity index (χ0n) is 5.96. The maximum atomic E-state index is 10.6. The Morgan fingerprint density at radius 2 is 2.45 bits per heavy atom. The minimum absolute atomic E-state index is 0.157. The minimum atomic E-state index is -0.157. The molecule has 0 aliphatic heterocycles. The van der Waals surface area contributed by atoms with E-state index < -0.39 is 0 Å². The highest BCUT2D eigenvalue weighted by molar-refractivity contribution is 7.14. The first-order valence-electron chi connectivity index (χ1n) is 3.04. The highest BCUT2D eigenvalue weighted by Crippen LogP contribution is 2.20. The number of amides is 1. The van der Waals surface area contributed by atoms with Crippen molar-refractivity contribution in [3.05, 3.63) is 17.0 Å². The number of nitrogens with one attached hydrogen (secondary N) is 1. The molecule has 1 amide bonds. The molecule has 11 heavy (non-hydrogen) atoms. The zero-order valence-corrected chi connectivity index (χ0v) is 6.77. The maximum Gasteiger partial charge on any atom is 0.221 e. The number of aldehydes is 1. The van der Waals surface area contributed by atoms with Gasteiger partial charge in [0.1, 0.15) is 5.00 Å². The summed E-state index contributed by atoms with van der Waals surface area (Å²) in [6.45, 7) is 1.41. The number of carbonyl (C=O) groups is 2. The second-order valence-corrected chi connectivity index (χ2v) is 2.92. The van der Waals surface area contributed by atoms with Crippen LogP contribution in [0.1, 0.15) is 17.3 Å². The summed E-state index contributed by atoms with van der Waals surface area (Å²) < 4.78 is 0. The molecule has 0 aliphatic carbocycles. The Bertz CT molecular complexity index is 280. The average Bonchev–Trinajstić information content (AvgIpc) is 2.34. The third kappa shape index (κ3) is 1.88. The molecule has 0 atom stereocenters. The van der Waals surface area contributed by atoms with Crippen LogP contribution in [0.25, 0.3) is 0 Å². The second-order valence-electron chi connectivity index (χ2n) is 2.00. The average molecular weight is 169 g/mol. The van der Waals surface area contributed by atoms with Gasteiger partial charge in [-0.1, -0.05) is 0 Å². The summed E-state index contributed by atoms with van der Waals surface area (Å²) >= 11 is 1.34. The quantitative estimate of drug-likeness (QED) is 0.682. The summed E-state index contributed by atoms with van der Waals surface area (Å²) in [6, 6.07) is 1.67. The van der Waals surface area contributed by atoms with Gasteiger partial charge in [0.15, 0.2) is 6.29 Å². The number of thiophene rings is 1. The molecule has 1 aromatic heterocycles. The lowest BCUT2D eigenvalue weighted by Crippen LogP contribution is -2.05. The summed E-state index contributed by atoms with van der Waals surface area (Å²) in [5.74, 6) is -0.157. The first-order chi connectivity index (χ1) is 5.24. The Hall–Kier alpha value is -1.16. The van der Waals surface area contributed by atoms with E-state index in [9.17, 15) is 9.59 Å². The molecule has 0 bridgehead atoms. The van der Waals surface area contributed by atoms with Crippen LogP contribution >= 0.6 is 11.3 Å². The van der Waals surface area contributed by atoms with E-state index in [1.807, 2.05) is 0 Å². The van der Waals surface area contributed by atoms with Crippen molar-refractivity contribution in [3.63, 3.8) is 0 Å². The van der Waals surface area contributed by atoms with Crippen LogP contribution in [0, 0.1) is 0 Å². The third-order valence-electron chi connectivity index (χ3n) is 1.11. The maximum absolute atomic E-state index is 10.6. The lowest BCUT2D eigenvalue weighted by molar-refractivity contribution is -0.114. The SMILES string of the molecule is CC(=O)Nc1sccc1C=O. The summed E-state index contributed by atoms with van der Waals surface area (Å²) in [5.41, 5.74) is 0.533. The first kappa shape index (κ1) is 7.94. The van der Waals surface area contributed by atoms with Crippen LogP contribution in [0.5, 0.6) is 0 Å². The van der Waals surface area contributed by atoms with Crippen molar-refractivity contribution in [3.8, 4) is 0 Å². The van der Waals surface area contributed by atoms with Crippen molar-refractivity contribution in [2.24, 2.45) is 0 Å². The molecule has 0 saturated carbocycles. The fraction of sp³-hybridized carbons (Fsp3) is 0.143. The van der Waals surface area contributed by atoms with Gasteiger partial charge in [-0.3, -0.25) is 9.59 Å². The summed E-state index contributed by atoms with van der Waals surface area (Å²) in [5, 5.41) is 4.93. The predicted molar refractivity (Wildman–Crippen MR) is 44.0 cm³/mol. The molecule has 1 rings (SSSR count). The standard InChI is InChI=1S/C7H7NO2S/c1-5(10)8-7-6(4-9)2-3-11-7/h2-4H,1H3,(H,8,10). The van der Waals surface area contributed by atoms with Gasteiger partial charge in [0, 0.05) is 12.5 Å². The van der Waals surface area contributed by atoms with Crippen LogP contribution in [0.15, 0.2) is 11.4 Å². The molecular formula is C7H7NO2S. The number of hydrogen-bond acceptors (Lipinski definition) is 3. The van der Waals surface area contributed by atoms with E-state index in [-0.39, 0.29) is 5.91 Å². The molecule has 0 spiro atoms. The Kier molecular flexibility index (Phi) is 2.38. The molecule has 3 nitrogen and oxygen atoms in total. The third-order valence-corrected chi connectivity index (χ3v) is 1.96. The van der Waals surface area contributed by atoms with E-state index >= 15 is 0 Å². The van der Waals surface area contributed by atoms with Crippen molar-refractivity contribution in [1.82, 2.24) is 0 Å². The Labute approximate surface area is 68.0 Å². The highest BCUT2D eigenvalue weighted by atomic mass is 32.1. The van der Waals surface area contributed by atoms with Gasteiger partial charge in [-0.05, 0) is 11.4 Å². The van der Waals surface area contributed by atoms with Crippen molar-refractivity contribution >= 4 is 28.5 Å². The first-order valence-corrected chi connectivity index (χ1v) is 3.92. The number of carbonyl (C=O) groups excluding carboxylic acids is 2. The van der Waals surface area contributed by atoms with Crippen LogP contribution < -0.4 is 5.32 Å². The van der Waals surface area contributed by atoms with Gasteiger partial charge in [0.25, 0.3) is 0 Å². The van der Waals surface area contributed by atoms with Gasteiger partial charge in [-0.15, -0.1) is 11.3 Å². The minimum Gasteiger partial charge on any atom is -0.317 e. The fourth-order valence-electron chi connectivity index (χ4n) is 0.673. The normalized spacial score (nSPS) is 9.18. The monoisotopic (exact) mass is 169 g/mol. The molecule has 0 aliphatic rings. The van der Waals surface area contributed by atoms with Crippen molar-refractivity contribution in [2.75, 3.05) is 5.32 Å². The largest absolute Gasteiger partial charge is 0.317 e. The molecule has 0 aromatic carbocycles. The summed E-state index contributed by atoms with van der Waals surface area (Å²) in [4.78, 5) is 20.9. The second kappa shape index (κ2) is 3.30. The van der Waals surface area contributed by atoms with Crippen molar-refractivity contribution < 1.29 is 9.59 Å². The van der Waals surface area contributed by atoms with Crippen LogP contribution in [0.2, 0.25) is 0 Å². The van der Waals surface area contributed by atoms with Gasteiger partial charge >= 0.3 is 0 Å². The number of rotatable bonds is 2. The van der Waals surface area contributed by atoms with Gasteiger partial charge in [-0.25, -0.2) is 0 Å². The molecule has 0 unspecified atom stereocenters. The molecule has 0 fully saturated rings. The van der Waals surface area contributed by atoms with Gasteiger partial charge in [-0.2, -0.15) is 0 Å².